The summed E-state index contributed by atoms with van der Waals surface area (Å²) in [7, 11) is 2.15. The maximum absolute atomic E-state index is 6.10. The minimum atomic E-state index is 0.141. The highest BCUT2D eigenvalue weighted by Crippen LogP contribution is 2.31. The Morgan fingerprint density at radius 2 is 1.94 bits per heavy atom. The van der Waals surface area contributed by atoms with Gasteiger partial charge in [-0.3, -0.25) is 9.80 Å². The van der Waals surface area contributed by atoms with Gasteiger partial charge in [-0.15, -0.1) is 0 Å². The Kier molecular flexibility index (Phi) is 6.49. The van der Waals surface area contributed by atoms with E-state index in [1.165, 1.54) is 18.4 Å². The van der Waals surface area contributed by atoms with Crippen LogP contribution in [0.5, 0.6) is 5.88 Å². The molecule has 2 fully saturated rings. The first kappa shape index (κ1) is 23.1. The van der Waals surface area contributed by atoms with E-state index in [9.17, 15) is 0 Å². The Balaban J connectivity index is 1.11. The van der Waals surface area contributed by atoms with Crippen LogP contribution in [0.4, 0.5) is 5.82 Å². The van der Waals surface area contributed by atoms with E-state index >= 15 is 0 Å². The lowest BCUT2D eigenvalue weighted by atomic mass is 9.91. The van der Waals surface area contributed by atoms with Crippen LogP contribution in [0.25, 0.3) is 11.0 Å². The van der Waals surface area contributed by atoms with Crippen LogP contribution in [0.15, 0.2) is 47.1 Å². The zero-order valence-electron chi connectivity index (χ0n) is 20.9. The van der Waals surface area contributed by atoms with Gasteiger partial charge in [-0.1, -0.05) is 23.4 Å². The molecule has 2 saturated heterocycles. The van der Waals surface area contributed by atoms with Crippen LogP contribution in [0.3, 0.4) is 0 Å². The summed E-state index contributed by atoms with van der Waals surface area (Å²) in [4.78, 5) is 11.9. The van der Waals surface area contributed by atoms with E-state index in [1.54, 1.807) is 0 Å². The zero-order chi connectivity index (χ0) is 23.7. The Hall–Kier alpha value is -2.64. The zero-order valence-corrected chi connectivity index (χ0v) is 20.9. The third kappa shape index (κ3) is 5.05. The number of nitrogens with zero attached hydrogens (tertiary/aromatic N) is 5. The van der Waals surface area contributed by atoms with Crippen LogP contribution in [0, 0.1) is 5.92 Å². The van der Waals surface area contributed by atoms with E-state index in [1.807, 2.05) is 24.4 Å². The van der Waals surface area contributed by atoms with Gasteiger partial charge in [0, 0.05) is 62.5 Å². The molecule has 2 unspecified atom stereocenters. The summed E-state index contributed by atoms with van der Waals surface area (Å²) < 4.78 is 11.6. The number of pyridine rings is 1. The first-order valence-corrected chi connectivity index (χ1v) is 12.5. The number of rotatable bonds is 6. The van der Waals surface area contributed by atoms with Crippen molar-refractivity contribution in [2.24, 2.45) is 5.92 Å². The van der Waals surface area contributed by atoms with Crippen molar-refractivity contribution in [1.82, 2.24) is 19.9 Å². The Bertz CT molecular complexity index is 1090. The minimum Gasteiger partial charge on any atom is -0.477 e. The maximum Gasteiger partial charge on any atom is 0.213 e. The average molecular weight is 464 g/mol. The quantitative estimate of drug-likeness (QED) is 0.536. The average Bonchev–Trinajstić information content (AvgIpc) is 3.27. The third-order valence-electron chi connectivity index (χ3n) is 7.49. The molecule has 0 saturated carbocycles. The maximum atomic E-state index is 6.10. The predicted molar refractivity (Wildman–Crippen MR) is 135 cm³/mol. The number of fused-ring (bicyclic) bond motifs is 2. The normalized spacial score (nSPS) is 21.7. The predicted octanol–water partition coefficient (Wildman–Crippen LogP) is 4.43. The number of piperidine rings is 1. The largest absolute Gasteiger partial charge is 0.477 e. The molecule has 0 radical (unpaired) electrons. The summed E-state index contributed by atoms with van der Waals surface area (Å²) in [6.45, 7) is 12.4. The van der Waals surface area contributed by atoms with Crippen LogP contribution < -0.4 is 9.64 Å². The number of anilines is 1. The summed E-state index contributed by atoms with van der Waals surface area (Å²) in [5.41, 5.74) is 2.22. The lowest BCUT2D eigenvalue weighted by Crippen LogP contribution is -2.57. The molecule has 7 heteroatoms. The fraction of sp³-hybridized carbons (Fsp3) is 0.556. The number of ether oxygens (including phenoxy) is 1. The number of aromatic nitrogens is 2. The highest BCUT2D eigenvalue weighted by molar-refractivity contribution is 5.88. The molecular formula is C27H37N5O2. The fourth-order valence-electron chi connectivity index (χ4n) is 4.99. The molecule has 3 aromatic rings. The van der Waals surface area contributed by atoms with Crippen molar-refractivity contribution in [2.75, 3.05) is 44.7 Å². The van der Waals surface area contributed by atoms with Gasteiger partial charge in [0.25, 0.3) is 0 Å². The van der Waals surface area contributed by atoms with E-state index in [-0.39, 0.29) is 5.54 Å². The minimum absolute atomic E-state index is 0.141. The summed E-state index contributed by atoms with van der Waals surface area (Å²) in [5.74, 6) is 2.26. The Labute approximate surface area is 202 Å². The molecule has 2 aromatic heterocycles. The van der Waals surface area contributed by atoms with Crippen LogP contribution in [0.2, 0.25) is 0 Å². The van der Waals surface area contributed by atoms with Crippen LogP contribution in [0.1, 0.15) is 39.2 Å². The van der Waals surface area contributed by atoms with Gasteiger partial charge in [-0.25, -0.2) is 4.98 Å². The van der Waals surface area contributed by atoms with Crippen LogP contribution in [-0.4, -0.2) is 71.4 Å². The molecule has 7 nitrogen and oxygen atoms in total. The highest BCUT2D eigenvalue weighted by atomic mass is 16.5. The van der Waals surface area contributed by atoms with Gasteiger partial charge in [0.05, 0.1) is 12.0 Å². The van der Waals surface area contributed by atoms with Gasteiger partial charge in [-0.2, -0.15) is 0 Å². The van der Waals surface area contributed by atoms with E-state index in [0.29, 0.717) is 12.0 Å². The van der Waals surface area contributed by atoms with E-state index in [0.717, 1.165) is 62.0 Å². The summed E-state index contributed by atoms with van der Waals surface area (Å²) in [6, 6.07) is 12.8. The molecule has 0 amide bonds. The van der Waals surface area contributed by atoms with Crippen molar-refractivity contribution >= 4 is 16.8 Å². The molecule has 5 rings (SSSR count). The van der Waals surface area contributed by atoms with Crippen molar-refractivity contribution in [3.05, 3.63) is 48.2 Å². The third-order valence-corrected chi connectivity index (χ3v) is 7.49. The van der Waals surface area contributed by atoms with Gasteiger partial charge < -0.3 is 14.2 Å². The molecular weight excluding hydrogens is 426 g/mol. The molecule has 0 N–H and O–H groups in total. The molecule has 0 spiro atoms. The molecule has 4 heterocycles. The molecule has 2 aliphatic rings. The van der Waals surface area contributed by atoms with Crippen molar-refractivity contribution < 1.29 is 9.26 Å². The summed E-state index contributed by atoms with van der Waals surface area (Å²) in [5, 5.41) is 5.48. The van der Waals surface area contributed by atoms with Crippen LogP contribution in [-0.2, 0) is 6.54 Å². The van der Waals surface area contributed by atoms with E-state index in [4.69, 9.17) is 9.26 Å². The number of hydrogen-bond donors (Lipinski definition) is 0. The second-order valence-electron chi connectivity index (χ2n) is 10.9. The summed E-state index contributed by atoms with van der Waals surface area (Å²) in [6.07, 6.45) is 4.32. The van der Waals surface area contributed by atoms with Gasteiger partial charge in [0.15, 0.2) is 11.4 Å². The topological polar surface area (TPSA) is 57.9 Å². The lowest BCUT2D eigenvalue weighted by Gasteiger charge is -2.46. The monoisotopic (exact) mass is 463 g/mol. The fourth-order valence-corrected chi connectivity index (χ4v) is 4.99. The lowest BCUT2D eigenvalue weighted by molar-refractivity contribution is 0.0716. The van der Waals surface area contributed by atoms with Crippen molar-refractivity contribution in [2.45, 2.75) is 51.7 Å². The SMILES string of the molecule is CN(Cc1ccc(OCC2CCC3CN(c4noc5ccccc45)CCN3C2)nc1)C(C)(C)C. The standard InChI is InChI=1S/C27H37N5O2/c1-27(2,3)30(4)16-20-10-12-25(28-15-20)33-19-21-9-11-22-18-32(14-13-31(22)17-21)26-23-7-5-6-8-24(23)34-29-26/h5-8,10,12,15,21-22H,9,11,13-14,16-19H2,1-4H3. The molecule has 0 aliphatic carbocycles. The number of piperazine rings is 1. The summed E-state index contributed by atoms with van der Waals surface area (Å²) >= 11 is 0. The van der Waals surface area contributed by atoms with E-state index in [2.05, 4.69) is 70.9 Å². The van der Waals surface area contributed by atoms with Crippen LogP contribution >= 0.6 is 0 Å². The smallest absolute Gasteiger partial charge is 0.213 e. The molecule has 2 atom stereocenters. The number of benzene rings is 1. The number of para-hydroxylation sites is 1. The van der Waals surface area contributed by atoms with Crippen molar-refractivity contribution in [3.8, 4) is 5.88 Å². The number of hydrogen-bond acceptors (Lipinski definition) is 7. The highest BCUT2D eigenvalue weighted by Gasteiger charge is 2.34. The van der Waals surface area contributed by atoms with Crippen molar-refractivity contribution in [1.29, 1.82) is 0 Å². The molecule has 182 valence electrons. The molecule has 2 aliphatic heterocycles. The van der Waals surface area contributed by atoms with Gasteiger partial charge in [0.2, 0.25) is 5.88 Å². The Morgan fingerprint density at radius 1 is 1.09 bits per heavy atom. The second kappa shape index (κ2) is 9.55. The van der Waals surface area contributed by atoms with Crippen molar-refractivity contribution in [3.63, 3.8) is 0 Å². The van der Waals surface area contributed by atoms with E-state index < -0.39 is 0 Å². The molecule has 0 bridgehead atoms. The molecule has 1 aromatic carbocycles. The van der Waals surface area contributed by atoms with Gasteiger partial charge >= 0.3 is 0 Å². The second-order valence-corrected chi connectivity index (χ2v) is 10.9. The first-order valence-electron chi connectivity index (χ1n) is 12.5. The Morgan fingerprint density at radius 3 is 2.74 bits per heavy atom. The van der Waals surface area contributed by atoms with Gasteiger partial charge in [0.1, 0.15) is 0 Å². The van der Waals surface area contributed by atoms with Gasteiger partial charge in [-0.05, 0) is 58.4 Å². The first-order chi connectivity index (χ1) is 16.4. The molecule has 34 heavy (non-hydrogen) atoms.